The molecule has 6 nitrogen and oxygen atoms in total. The Balaban J connectivity index is 1.59. The first-order valence-electron chi connectivity index (χ1n) is 8.58. The number of aromatic nitrogens is 1. The number of carbonyl (C=O) groups excluding carboxylic acids is 1. The van der Waals surface area contributed by atoms with Crippen LogP contribution in [-0.2, 0) is 21.2 Å². The molecule has 0 atom stereocenters. The molecule has 0 fully saturated rings. The lowest BCUT2D eigenvalue weighted by molar-refractivity contribution is 0.0600. The van der Waals surface area contributed by atoms with Gasteiger partial charge < -0.3 is 4.74 Å². The lowest BCUT2D eigenvalue weighted by atomic mass is 10.2. The van der Waals surface area contributed by atoms with Crippen LogP contribution in [0.15, 0.2) is 58.8 Å². The Kier molecular flexibility index (Phi) is 6.23. The molecule has 0 amide bonds. The first-order valence-corrected chi connectivity index (χ1v) is 10.9. The molecule has 0 unspecified atom stereocenters. The third-order valence-corrected chi connectivity index (χ3v) is 6.53. The molecule has 1 aromatic heterocycles. The van der Waals surface area contributed by atoms with Crippen LogP contribution in [0, 0.1) is 6.92 Å². The fraction of sp³-hybridized carbons (Fsp3) is 0.200. The van der Waals surface area contributed by atoms with E-state index >= 15 is 0 Å². The third-order valence-electron chi connectivity index (χ3n) is 4.11. The minimum Gasteiger partial charge on any atom is -0.465 e. The van der Waals surface area contributed by atoms with Crippen LogP contribution in [0.25, 0.3) is 10.6 Å². The second kappa shape index (κ2) is 8.64. The molecule has 0 radical (unpaired) electrons. The highest BCUT2D eigenvalue weighted by Gasteiger charge is 2.15. The molecule has 1 N–H and O–H groups in total. The number of aryl methyl sites for hydroxylation is 1. The first-order chi connectivity index (χ1) is 13.4. The molecule has 1 heterocycles. The molecular formula is C20H20N2O4S2. The van der Waals surface area contributed by atoms with E-state index in [1.807, 2.05) is 36.6 Å². The summed E-state index contributed by atoms with van der Waals surface area (Å²) in [6, 6.07) is 13.7. The van der Waals surface area contributed by atoms with Gasteiger partial charge in [-0.3, -0.25) is 0 Å². The summed E-state index contributed by atoms with van der Waals surface area (Å²) >= 11 is 1.54. The van der Waals surface area contributed by atoms with E-state index < -0.39 is 16.0 Å². The van der Waals surface area contributed by atoms with Crippen LogP contribution >= 0.6 is 11.3 Å². The number of carbonyl (C=O) groups is 1. The van der Waals surface area contributed by atoms with Crippen molar-refractivity contribution in [2.75, 3.05) is 13.7 Å². The molecule has 2 aromatic carbocycles. The van der Waals surface area contributed by atoms with E-state index in [0.29, 0.717) is 12.0 Å². The van der Waals surface area contributed by atoms with E-state index in [4.69, 9.17) is 0 Å². The Morgan fingerprint density at radius 1 is 1.11 bits per heavy atom. The summed E-state index contributed by atoms with van der Waals surface area (Å²) in [5.74, 6) is -0.509. The minimum atomic E-state index is -3.66. The maximum atomic E-state index is 12.4. The molecule has 3 rings (SSSR count). The van der Waals surface area contributed by atoms with Gasteiger partial charge in [0, 0.05) is 23.9 Å². The largest absolute Gasteiger partial charge is 0.465 e. The van der Waals surface area contributed by atoms with Gasteiger partial charge in [0.15, 0.2) is 0 Å². The topological polar surface area (TPSA) is 85.4 Å². The molecule has 0 saturated carbocycles. The van der Waals surface area contributed by atoms with E-state index in [2.05, 4.69) is 14.4 Å². The van der Waals surface area contributed by atoms with Crippen molar-refractivity contribution in [1.82, 2.24) is 9.71 Å². The normalized spacial score (nSPS) is 11.4. The average molecular weight is 417 g/mol. The van der Waals surface area contributed by atoms with Crippen LogP contribution in [0.1, 0.15) is 21.6 Å². The second-order valence-corrected chi connectivity index (χ2v) is 8.80. The van der Waals surface area contributed by atoms with Crippen LogP contribution in [-0.4, -0.2) is 33.0 Å². The van der Waals surface area contributed by atoms with Crippen molar-refractivity contribution >= 4 is 27.3 Å². The maximum Gasteiger partial charge on any atom is 0.337 e. The number of hydrogen-bond donors (Lipinski definition) is 1. The van der Waals surface area contributed by atoms with Gasteiger partial charge in [-0.2, -0.15) is 0 Å². The number of methoxy groups -OCH3 is 1. The number of benzene rings is 2. The zero-order valence-electron chi connectivity index (χ0n) is 15.5. The van der Waals surface area contributed by atoms with Gasteiger partial charge in [-0.05, 0) is 31.2 Å². The fourth-order valence-corrected chi connectivity index (χ4v) is 4.43. The number of hydrogen-bond acceptors (Lipinski definition) is 6. The minimum absolute atomic E-state index is 0.0961. The third kappa shape index (κ3) is 4.83. The molecule has 3 aromatic rings. The number of rotatable bonds is 7. The van der Waals surface area contributed by atoms with Crippen LogP contribution in [0.4, 0.5) is 0 Å². The smallest absolute Gasteiger partial charge is 0.337 e. The summed E-state index contributed by atoms with van der Waals surface area (Å²) in [7, 11) is -2.38. The summed E-state index contributed by atoms with van der Waals surface area (Å²) in [5, 5.41) is 2.85. The summed E-state index contributed by atoms with van der Waals surface area (Å²) < 4.78 is 31.9. The Labute approximate surface area is 168 Å². The highest BCUT2D eigenvalue weighted by molar-refractivity contribution is 7.89. The molecular weight excluding hydrogens is 396 g/mol. The number of nitrogens with zero attached hydrogens (tertiary/aromatic N) is 1. The van der Waals surface area contributed by atoms with E-state index in [1.54, 1.807) is 0 Å². The highest BCUT2D eigenvalue weighted by Crippen LogP contribution is 2.24. The van der Waals surface area contributed by atoms with Gasteiger partial charge in [-0.1, -0.05) is 29.8 Å². The van der Waals surface area contributed by atoms with E-state index in [1.165, 1.54) is 48.3 Å². The Bertz CT molecular complexity index is 1060. The molecule has 8 heteroatoms. The Hall–Kier alpha value is -2.55. The summed E-state index contributed by atoms with van der Waals surface area (Å²) in [6.07, 6.45) is 0.488. The Morgan fingerprint density at radius 3 is 2.43 bits per heavy atom. The van der Waals surface area contributed by atoms with E-state index in [-0.39, 0.29) is 11.4 Å². The highest BCUT2D eigenvalue weighted by atomic mass is 32.2. The van der Waals surface area contributed by atoms with Crippen molar-refractivity contribution in [3.8, 4) is 10.6 Å². The van der Waals surface area contributed by atoms with Gasteiger partial charge in [-0.25, -0.2) is 22.9 Å². The number of thiazole rings is 1. The SMILES string of the molecule is COC(=O)c1ccc(S(=O)(=O)NCCc2csc(-c3ccc(C)cc3)n2)cc1. The van der Waals surface area contributed by atoms with Crippen molar-refractivity contribution in [1.29, 1.82) is 0 Å². The predicted molar refractivity (Wildman–Crippen MR) is 109 cm³/mol. The molecule has 0 aliphatic carbocycles. The van der Waals surface area contributed by atoms with Gasteiger partial charge >= 0.3 is 5.97 Å². The van der Waals surface area contributed by atoms with Crippen molar-refractivity contribution < 1.29 is 17.9 Å². The average Bonchev–Trinajstić information content (AvgIpc) is 3.16. The van der Waals surface area contributed by atoms with Gasteiger partial charge in [0.2, 0.25) is 10.0 Å². The zero-order valence-corrected chi connectivity index (χ0v) is 17.1. The lowest BCUT2D eigenvalue weighted by Gasteiger charge is -2.06. The van der Waals surface area contributed by atoms with Crippen LogP contribution in [0.3, 0.4) is 0 Å². The van der Waals surface area contributed by atoms with E-state index in [9.17, 15) is 13.2 Å². The molecule has 28 heavy (non-hydrogen) atoms. The molecule has 146 valence electrons. The molecule has 0 bridgehead atoms. The molecule has 0 aliphatic heterocycles. The predicted octanol–water partition coefficient (Wildman–Crippen LogP) is 3.43. The van der Waals surface area contributed by atoms with Gasteiger partial charge in [-0.15, -0.1) is 11.3 Å². The monoisotopic (exact) mass is 416 g/mol. The van der Waals surface area contributed by atoms with Crippen molar-refractivity contribution in [3.05, 3.63) is 70.7 Å². The van der Waals surface area contributed by atoms with Crippen LogP contribution in [0.2, 0.25) is 0 Å². The lowest BCUT2D eigenvalue weighted by Crippen LogP contribution is -2.26. The summed E-state index contributed by atoms with van der Waals surface area (Å²) in [5.41, 5.74) is 3.37. The first kappa shape index (κ1) is 20.2. The van der Waals surface area contributed by atoms with Crippen molar-refractivity contribution in [3.63, 3.8) is 0 Å². The molecule has 0 aliphatic rings. The number of sulfonamides is 1. The van der Waals surface area contributed by atoms with Crippen molar-refractivity contribution in [2.24, 2.45) is 0 Å². The standard InChI is InChI=1S/C20H20N2O4S2/c1-14-3-5-15(6-4-14)19-22-17(13-27-19)11-12-21-28(24,25)18-9-7-16(8-10-18)20(23)26-2/h3-10,13,21H,11-12H2,1-2H3. The van der Waals surface area contributed by atoms with Crippen LogP contribution < -0.4 is 4.72 Å². The summed E-state index contributed by atoms with van der Waals surface area (Å²) in [6.45, 7) is 2.27. The van der Waals surface area contributed by atoms with Gasteiger partial charge in [0.25, 0.3) is 0 Å². The van der Waals surface area contributed by atoms with Gasteiger partial charge in [0.05, 0.1) is 23.3 Å². The summed E-state index contributed by atoms with van der Waals surface area (Å²) in [4.78, 5) is 16.1. The van der Waals surface area contributed by atoms with E-state index in [0.717, 1.165) is 16.3 Å². The quantitative estimate of drug-likeness (QED) is 0.597. The van der Waals surface area contributed by atoms with Gasteiger partial charge in [0.1, 0.15) is 5.01 Å². The number of ether oxygens (including phenoxy) is 1. The molecule has 0 spiro atoms. The molecule has 0 saturated heterocycles. The van der Waals surface area contributed by atoms with Crippen LogP contribution in [0.5, 0.6) is 0 Å². The zero-order chi connectivity index (χ0) is 20.1. The number of esters is 1. The second-order valence-electron chi connectivity index (χ2n) is 6.17. The number of nitrogens with one attached hydrogen (secondary N) is 1. The van der Waals surface area contributed by atoms with Crippen molar-refractivity contribution in [2.45, 2.75) is 18.2 Å². The maximum absolute atomic E-state index is 12.4. The fourth-order valence-electron chi connectivity index (χ4n) is 2.54. The Morgan fingerprint density at radius 2 is 1.79 bits per heavy atom.